The Hall–Kier alpha value is -0.120. The normalized spacial score (nSPS) is 30.5. The van der Waals surface area contributed by atoms with Crippen molar-refractivity contribution in [2.75, 3.05) is 6.61 Å². The lowest BCUT2D eigenvalue weighted by molar-refractivity contribution is 0.0813. The summed E-state index contributed by atoms with van der Waals surface area (Å²) in [5.41, 5.74) is 0.169. The summed E-state index contributed by atoms with van der Waals surface area (Å²) in [6.07, 6.45) is 4.38. The zero-order chi connectivity index (χ0) is 14.0. The molecule has 3 nitrogen and oxygen atoms in total. The molecule has 0 aromatic carbocycles. The van der Waals surface area contributed by atoms with Gasteiger partial charge in [-0.15, -0.1) is 0 Å². The highest BCUT2D eigenvalue weighted by Gasteiger charge is 2.37. The number of hydrogen-bond acceptors (Lipinski definition) is 3. The minimum Gasteiger partial charge on any atom is -0.394 e. The molecular formula is C15H32N2O. The molecule has 0 aromatic rings. The summed E-state index contributed by atoms with van der Waals surface area (Å²) in [7, 11) is 0. The highest BCUT2D eigenvalue weighted by Crippen LogP contribution is 2.30. The minimum absolute atomic E-state index is 0.0625. The van der Waals surface area contributed by atoms with Crippen LogP contribution in [0.3, 0.4) is 0 Å². The Kier molecular flexibility index (Phi) is 4.85. The first-order valence-electron chi connectivity index (χ1n) is 7.23. The van der Waals surface area contributed by atoms with Gasteiger partial charge in [-0.1, -0.05) is 0 Å². The van der Waals surface area contributed by atoms with E-state index in [1.807, 2.05) is 0 Å². The standard InChI is InChI=1S/C15H32N2O/c1-13(2,3)16-12-7-9-15(11-18,10-8-12)17-14(4,5)6/h12,16-18H,7-11H2,1-6H3. The zero-order valence-corrected chi connectivity index (χ0v) is 13.1. The molecule has 1 aliphatic carbocycles. The first-order valence-corrected chi connectivity index (χ1v) is 7.23. The lowest BCUT2D eigenvalue weighted by atomic mass is 9.78. The molecule has 0 atom stereocenters. The number of rotatable bonds is 3. The molecule has 18 heavy (non-hydrogen) atoms. The molecule has 0 radical (unpaired) electrons. The molecule has 0 bridgehead atoms. The first-order chi connectivity index (χ1) is 8.05. The maximum absolute atomic E-state index is 9.74. The van der Waals surface area contributed by atoms with Crippen LogP contribution in [-0.2, 0) is 0 Å². The van der Waals surface area contributed by atoms with Crippen LogP contribution in [0, 0.1) is 0 Å². The van der Waals surface area contributed by atoms with Gasteiger partial charge in [-0.3, -0.25) is 0 Å². The molecule has 1 rings (SSSR count). The smallest absolute Gasteiger partial charge is 0.0613 e. The maximum Gasteiger partial charge on any atom is 0.0613 e. The molecule has 0 spiro atoms. The van der Waals surface area contributed by atoms with Gasteiger partial charge in [-0.2, -0.15) is 0 Å². The van der Waals surface area contributed by atoms with Crippen LogP contribution in [0.2, 0.25) is 0 Å². The van der Waals surface area contributed by atoms with E-state index in [1.165, 1.54) is 0 Å². The van der Waals surface area contributed by atoms with Crippen molar-refractivity contribution in [2.24, 2.45) is 0 Å². The second kappa shape index (κ2) is 5.48. The summed E-state index contributed by atoms with van der Waals surface area (Å²) >= 11 is 0. The van der Waals surface area contributed by atoms with Crippen molar-refractivity contribution < 1.29 is 5.11 Å². The van der Waals surface area contributed by atoms with E-state index in [9.17, 15) is 5.11 Å². The summed E-state index contributed by atoms with van der Waals surface area (Å²) in [5, 5.41) is 17.0. The van der Waals surface area contributed by atoms with E-state index in [2.05, 4.69) is 52.2 Å². The molecule has 0 aliphatic heterocycles. The predicted octanol–water partition coefficient (Wildman–Crippen LogP) is 2.44. The van der Waals surface area contributed by atoms with E-state index in [0.29, 0.717) is 6.04 Å². The van der Waals surface area contributed by atoms with E-state index in [4.69, 9.17) is 0 Å². The fraction of sp³-hybridized carbons (Fsp3) is 1.00. The fourth-order valence-corrected chi connectivity index (χ4v) is 3.05. The molecule has 0 amide bonds. The summed E-state index contributed by atoms with van der Waals surface area (Å²) in [6.45, 7) is 13.4. The van der Waals surface area contributed by atoms with Gasteiger partial charge in [-0.25, -0.2) is 0 Å². The molecular weight excluding hydrogens is 224 g/mol. The molecule has 0 saturated heterocycles. The van der Waals surface area contributed by atoms with Gasteiger partial charge >= 0.3 is 0 Å². The van der Waals surface area contributed by atoms with E-state index in [-0.39, 0.29) is 23.2 Å². The minimum atomic E-state index is -0.0751. The van der Waals surface area contributed by atoms with Crippen LogP contribution in [-0.4, -0.2) is 34.4 Å². The van der Waals surface area contributed by atoms with E-state index in [0.717, 1.165) is 25.7 Å². The Morgan fingerprint density at radius 3 is 1.83 bits per heavy atom. The third-order valence-electron chi connectivity index (χ3n) is 3.52. The van der Waals surface area contributed by atoms with Gasteiger partial charge in [0.1, 0.15) is 0 Å². The van der Waals surface area contributed by atoms with Crippen LogP contribution >= 0.6 is 0 Å². The summed E-state index contributed by atoms with van der Waals surface area (Å²) in [6, 6.07) is 0.589. The SMILES string of the molecule is CC(C)(C)NC1CCC(CO)(NC(C)(C)C)CC1. The van der Waals surface area contributed by atoms with Crippen molar-refractivity contribution in [1.82, 2.24) is 10.6 Å². The van der Waals surface area contributed by atoms with Crippen molar-refractivity contribution >= 4 is 0 Å². The van der Waals surface area contributed by atoms with E-state index >= 15 is 0 Å². The second-order valence-corrected chi connectivity index (χ2v) is 7.98. The largest absolute Gasteiger partial charge is 0.394 e. The van der Waals surface area contributed by atoms with Gasteiger partial charge < -0.3 is 15.7 Å². The Labute approximate surface area is 113 Å². The van der Waals surface area contributed by atoms with Gasteiger partial charge in [0.15, 0.2) is 0 Å². The zero-order valence-electron chi connectivity index (χ0n) is 13.1. The van der Waals surface area contributed by atoms with Crippen LogP contribution in [0.5, 0.6) is 0 Å². The Morgan fingerprint density at radius 2 is 1.50 bits per heavy atom. The Balaban J connectivity index is 2.54. The first kappa shape index (κ1) is 15.9. The van der Waals surface area contributed by atoms with Gasteiger partial charge in [0.25, 0.3) is 0 Å². The van der Waals surface area contributed by atoms with Crippen LogP contribution in [0.4, 0.5) is 0 Å². The number of nitrogens with one attached hydrogen (secondary N) is 2. The van der Waals surface area contributed by atoms with Crippen molar-refractivity contribution in [3.05, 3.63) is 0 Å². The monoisotopic (exact) mass is 256 g/mol. The van der Waals surface area contributed by atoms with Crippen molar-refractivity contribution in [1.29, 1.82) is 0 Å². The van der Waals surface area contributed by atoms with Crippen LogP contribution < -0.4 is 10.6 Å². The highest BCUT2D eigenvalue weighted by molar-refractivity contribution is 4.98. The number of hydrogen-bond donors (Lipinski definition) is 3. The molecule has 3 N–H and O–H groups in total. The van der Waals surface area contributed by atoms with E-state index < -0.39 is 0 Å². The van der Waals surface area contributed by atoms with Crippen LogP contribution in [0.25, 0.3) is 0 Å². The molecule has 0 aromatic heterocycles. The topological polar surface area (TPSA) is 44.3 Å². The van der Waals surface area contributed by atoms with Gasteiger partial charge in [0.05, 0.1) is 6.61 Å². The van der Waals surface area contributed by atoms with Gasteiger partial charge in [0, 0.05) is 22.7 Å². The van der Waals surface area contributed by atoms with Gasteiger partial charge in [0.2, 0.25) is 0 Å². The quantitative estimate of drug-likeness (QED) is 0.727. The molecule has 0 heterocycles. The Morgan fingerprint density at radius 1 is 1.00 bits per heavy atom. The predicted molar refractivity (Wildman–Crippen MR) is 77.9 cm³/mol. The fourth-order valence-electron chi connectivity index (χ4n) is 3.05. The maximum atomic E-state index is 9.74. The average molecular weight is 256 g/mol. The van der Waals surface area contributed by atoms with Crippen LogP contribution in [0.1, 0.15) is 67.2 Å². The van der Waals surface area contributed by atoms with Crippen molar-refractivity contribution in [2.45, 2.75) is 89.9 Å². The average Bonchev–Trinajstić information content (AvgIpc) is 2.17. The van der Waals surface area contributed by atoms with Crippen molar-refractivity contribution in [3.63, 3.8) is 0 Å². The van der Waals surface area contributed by atoms with Gasteiger partial charge in [-0.05, 0) is 67.2 Å². The molecule has 1 aliphatic rings. The molecule has 3 heteroatoms. The van der Waals surface area contributed by atoms with E-state index in [1.54, 1.807) is 0 Å². The summed E-state index contributed by atoms with van der Waals surface area (Å²) in [4.78, 5) is 0. The number of aliphatic hydroxyl groups is 1. The third kappa shape index (κ3) is 5.25. The number of aliphatic hydroxyl groups excluding tert-OH is 1. The summed E-state index contributed by atoms with van der Waals surface area (Å²) in [5.74, 6) is 0. The second-order valence-electron chi connectivity index (χ2n) is 7.98. The molecule has 0 unspecified atom stereocenters. The molecule has 1 saturated carbocycles. The highest BCUT2D eigenvalue weighted by atomic mass is 16.3. The van der Waals surface area contributed by atoms with Crippen molar-refractivity contribution in [3.8, 4) is 0 Å². The third-order valence-corrected chi connectivity index (χ3v) is 3.52. The molecule has 108 valence electrons. The lowest BCUT2D eigenvalue weighted by Crippen LogP contribution is -2.60. The lowest BCUT2D eigenvalue weighted by Gasteiger charge is -2.45. The summed E-state index contributed by atoms with van der Waals surface area (Å²) < 4.78 is 0. The van der Waals surface area contributed by atoms with Crippen LogP contribution in [0.15, 0.2) is 0 Å². The Bertz CT molecular complexity index is 255. The molecule has 1 fully saturated rings.